The van der Waals surface area contributed by atoms with Crippen molar-refractivity contribution < 1.29 is 4.79 Å². The third kappa shape index (κ3) is 3.12. The molecule has 0 radical (unpaired) electrons. The monoisotopic (exact) mass is 297 g/mol. The topological polar surface area (TPSA) is 44.4 Å². The van der Waals surface area contributed by atoms with Crippen LogP contribution in [-0.2, 0) is 0 Å². The summed E-state index contributed by atoms with van der Waals surface area (Å²) >= 11 is 3.50. The molecule has 0 saturated carbocycles. The zero-order valence-corrected chi connectivity index (χ0v) is 11.4. The SMILES string of the molecule is Cc1ccc(Br)c(NCCN2CCNC2=O)c1. The lowest BCUT2D eigenvalue weighted by Gasteiger charge is -2.15. The van der Waals surface area contributed by atoms with Crippen molar-refractivity contribution in [2.24, 2.45) is 0 Å². The smallest absolute Gasteiger partial charge is 0.317 e. The standard InChI is InChI=1S/C12H16BrN3O/c1-9-2-3-10(13)11(8-9)14-4-6-16-7-5-15-12(16)17/h2-3,8,14H,4-7H2,1H3,(H,15,17). The molecule has 4 nitrogen and oxygen atoms in total. The fourth-order valence-electron chi connectivity index (χ4n) is 1.82. The normalized spacial score (nSPS) is 14.9. The Kier molecular flexibility index (Phi) is 3.89. The molecule has 0 aromatic heterocycles. The van der Waals surface area contributed by atoms with Crippen molar-refractivity contribution in [2.75, 3.05) is 31.5 Å². The number of carbonyl (C=O) groups is 1. The molecule has 1 fully saturated rings. The van der Waals surface area contributed by atoms with Gasteiger partial charge >= 0.3 is 6.03 Å². The Morgan fingerprint density at radius 2 is 2.35 bits per heavy atom. The first-order valence-electron chi connectivity index (χ1n) is 5.69. The predicted octanol–water partition coefficient (Wildman–Crippen LogP) is 2.19. The van der Waals surface area contributed by atoms with Crippen LogP contribution < -0.4 is 10.6 Å². The van der Waals surface area contributed by atoms with Gasteiger partial charge in [0.2, 0.25) is 0 Å². The van der Waals surface area contributed by atoms with Crippen molar-refractivity contribution in [3.8, 4) is 0 Å². The second kappa shape index (κ2) is 5.40. The van der Waals surface area contributed by atoms with E-state index in [1.807, 2.05) is 11.0 Å². The number of amides is 2. The van der Waals surface area contributed by atoms with Gasteiger partial charge in [0, 0.05) is 36.3 Å². The summed E-state index contributed by atoms with van der Waals surface area (Å²) in [7, 11) is 0. The van der Waals surface area contributed by atoms with Gasteiger partial charge < -0.3 is 15.5 Å². The summed E-state index contributed by atoms with van der Waals surface area (Å²) in [6.07, 6.45) is 0. The molecular formula is C12H16BrN3O. The molecule has 1 aromatic carbocycles. The fraction of sp³-hybridized carbons (Fsp3) is 0.417. The lowest BCUT2D eigenvalue weighted by molar-refractivity contribution is 0.219. The van der Waals surface area contributed by atoms with Crippen LogP contribution >= 0.6 is 15.9 Å². The number of aryl methyl sites for hydroxylation is 1. The summed E-state index contributed by atoms with van der Waals surface area (Å²) in [4.78, 5) is 13.1. The molecule has 2 amide bonds. The van der Waals surface area contributed by atoms with Crippen LogP contribution in [-0.4, -0.2) is 37.1 Å². The molecule has 1 saturated heterocycles. The number of hydrogen-bond donors (Lipinski definition) is 2. The first-order chi connectivity index (χ1) is 8.16. The van der Waals surface area contributed by atoms with E-state index in [1.165, 1.54) is 5.56 Å². The van der Waals surface area contributed by atoms with E-state index >= 15 is 0 Å². The Hall–Kier alpha value is -1.23. The highest BCUT2D eigenvalue weighted by Gasteiger charge is 2.18. The van der Waals surface area contributed by atoms with Crippen molar-refractivity contribution in [1.29, 1.82) is 0 Å². The van der Waals surface area contributed by atoms with Crippen LogP contribution in [0.15, 0.2) is 22.7 Å². The molecule has 17 heavy (non-hydrogen) atoms. The molecule has 0 unspecified atom stereocenters. The number of urea groups is 1. The number of rotatable bonds is 4. The highest BCUT2D eigenvalue weighted by molar-refractivity contribution is 9.10. The molecule has 92 valence electrons. The maximum absolute atomic E-state index is 11.3. The lowest BCUT2D eigenvalue weighted by Crippen LogP contribution is -2.32. The van der Waals surface area contributed by atoms with Gasteiger partial charge in [0.05, 0.1) is 0 Å². The summed E-state index contributed by atoms with van der Waals surface area (Å²) in [5, 5.41) is 6.12. The van der Waals surface area contributed by atoms with Crippen LogP contribution in [0.1, 0.15) is 5.56 Å². The highest BCUT2D eigenvalue weighted by atomic mass is 79.9. The fourth-order valence-corrected chi connectivity index (χ4v) is 2.21. The number of nitrogens with zero attached hydrogens (tertiary/aromatic N) is 1. The largest absolute Gasteiger partial charge is 0.382 e. The minimum absolute atomic E-state index is 0.0371. The molecule has 0 aliphatic carbocycles. The van der Waals surface area contributed by atoms with Crippen LogP contribution in [0, 0.1) is 6.92 Å². The van der Waals surface area contributed by atoms with Gasteiger partial charge in [-0.05, 0) is 40.5 Å². The van der Waals surface area contributed by atoms with Crippen LogP contribution in [0.2, 0.25) is 0 Å². The number of anilines is 1. The predicted molar refractivity (Wildman–Crippen MR) is 72.3 cm³/mol. The molecule has 0 spiro atoms. The van der Waals surface area contributed by atoms with E-state index in [-0.39, 0.29) is 6.03 Å². The number of carbonyl (C=O) groups excluding carboxylic acids is 1. The lowest BCUT2D eigenvalue weighted by atomic mass is 10.2. The average Bonchev–Trinajstić information content (AvgIpc) is 2.70. The maximum atomic E-state index is 11.3. The van der Waals surface area contributed by atoms with Gasteiger partial charge in [-0.15, -0.1) is 0 Å². The minimum atomic E-state index is 0.0371. The molecule has 1 heterocycles. The summed E-state index contributed by atoms with van der Waals surface area (Å²) in [5.41, 5.74) is 2.29. The van der Waals surface area contributed by atoms with Crippen LogP contribution in [0.25, 0.3) is 0 Å². The van der Waals surface area contributed by atoms with E-state index in [9.17, 15) is 4.79 Å². The van der Waals surface area contributed by atoms with Crippen molar-refractivity contribution in [1.82, 2.24) is 10.2 Å². The van der Waals surface area contributed by atoms with Crippen molar-refractivity contribution in [3.63, 3.8) is 0 Å². The van der Waals surface area contributed by atoms with E-state index < -0.39 is 0 Å². The summed E-state index contributed by atoms with van der Waals surface area (Å²) in [6, 6.07) is 6.22. The quantitative estimate of drug-likeness (QED) is 0.895. The van der Waals surface area contributed by atoms with E-state index in [2.05, 4.69) is 45.6 Å². The molecule has 2 rings (SSSR count). The first-order valence-corrected chi connectivity index (χ1v) is 6.49. The van der Waals surface area contributed by atoms with Crippen LogP contribution in [0.4, 0.5) is 10.5 Å². The molecule has 2 N–H and O–H groups in total. The summed E-state index contributed by atoms with van der Waals surface area (Å²) in [6.45, 7) is 5.11. The van der Waals surface area contributed by atoms with E-state index in [1.54, 1.807) is 0 Å². The van der Waals surface area contributed by atoms with Crippen molar-refractivity contribution in [3.05, 3.63) is 28.2 Å². The summed E-state index contributed by atoms with van der Waals surface area (Å²) in [5.74, 6) is 0. The zero-order valence-electron chi connectivity index (χ0n) is 9.79. The Morgan fingerprint density at radius 1 is 1.53 bits per heavy atom. The Bertz CT molecular complexity index is 422. The molecular weight excluding hydrogens is 282 g/mol. The Labute approximate surface area is 110 Å². The molecule has 0 bridgehead atoms. The van der Waals surface area contributed by atoms with Crippen LogP contribution in [0.3, 0.4) is 0 Å². The first kappa shape index (κ1) is 12.2. The van der Waals surface area contributed by atoms with Gasteiger partial charge in [-0.2, -0.15) is 0 Å². The minimum Gasteiger partial charge on any atom is -0.382 e. The molecule has 0 atom stereocenters. The third-order valence-electron chi connectivity index (χ3n) is 2.76. The number of hydrogen-bond acceptors (Lipinski definition) is 2. The molecule has 5 heteroatoms. The number of benzene rings is 1. The van der Waals surface area contributed by atoms with Gasteiger partial charge in [-0.3, -0.25) is 0 Å². The molecule has 1 aliphatic rings. The maximum Gasteiger partial charge on any atom is 0.317 e. The van der Waals surface area contributed by atoms with Gasteiger partial charge in [0.15, 0.2) is 0 Å². The average molecular weight is 298 g/mol. The van der Waals surface area contributed by atoms with Gasteiger partial charge in [-0.25, -0.2) is 4.79 Å². The van der Waals surface area contributed by atoms with Crippen molar-refractivity contribution >= 4 is 27.6 Å². The van der Waals surface area contributed by atoms with Crippen molar-refractivity contribution in [2.45, 2.75) is 6.92 Å². The third-order valence-corrected chi connectivity index (χ3v) is 3.46. The molecule has 1 aromatic rings. The van der Waals surface area contributed by atoms with E-state index in [4.69, 9.17) is 0 Å². The van der Waals surface area contributed by atoms with Crippen LogP contribution in [0.5, 0.6) is 0 Å². The highest BCUT2D eigenvalue weighted by Crippen LogP contribution is 2.22. The van der Waals surface area contributed by atoms with E-state index in [0.29, 0.717) is 0 Å². The Morgan fingerprint density at radius 3 is 3.06 bits per heavy atom. The number of halogens is 1. The molecule has 1 aliphatic heterocycles. The summed E-state index contributed by atoms with van der Waals surface area (Å²) < 4.78 is 1.05. The number of nitrogens with one attached hydrogen (secondary N) is 2. The second-order valence-corrected chi connectivity index (χ2v) is 4.98. The van der Waals surface area contributed by atoms with Gasteiger partial charge in [0.1, 0.15) is 0 Å². The van der Waals surface area contributed by atoms with E-state index in [0.717, 1.165) is 36.3 Å². The zero-order chi connectivity index (χ0) is 12.3. The Balaban J connectivity index is 1.85. The van der Waals surface area contributed by atoms with Gasteiger partial charge in [0.25, 0.3) is 0 Å². The second-order valence-electron chi connectivity index (χ2n) is 4.13. The van der Waals surface area contributed by atoms with Gasteiger partial charge in [-0.1, -0.05) is 6.07 Å².